The third-order valence-corrected chi connectivity index (χ3v) is 4.79. The summed E-state index contributed by atoms with van der Waals surface area (Å²) in [7, 11) is 2.30. The van der Waals surface area contributed by atoms with Crippen LogP contribution in [-0.4, -0.2) is 35.1 Å². The van der Waals surface area contributed by atoms with E-state index in [9.17, 15) is 0 Å². The van der Waals surface area contributed by atoms with E-state index in [-0.39, 0.29) is 0 Å². The van der Waals surface area contributed by atoms with Crippen molar-refractivity contribution in [2.24, 2.45) is 0 Å². The second-order valence-corrected chi connectivity index (χ2v) is 5.89. The molecule has 2 saturated heterocycles. The molecule has 0 spiro atoms. The molecule has 0 saturated carbocycles. The van der Waals surface area contributed by atoms with Gasteiger partial charge in [0, 0.05) is 36.6 Å². The molecule has 3 atom stereocenters. The minimum Gasteiger partial charge on any atom is -0.307 e. The second kappa shape index (κ2) is 4.98. The fourth-order valence-corrected chi connectivity index (χ4v) is 3.65. The molecule has 98 valence electrons. The first kappa shape index (κ1) is 12.1. The quantitative estimate of drug-likeness (QED) is 0.886. The maximum Gasteiger partial charge on any atom is 0.0295 e. The van der Waals surface area contributed by atoms with Crippen molar-refractivity contribution in [2.45, 2.75) is 56.8 Å². The molecule has 2 aliphatic rings. The lowest BCUT2D eigenvalue weighted by Crippen LogP contribution is -2.47. The molecule has 1 aromatic heterocycles. The van der Waals surface area contributed by atoms with Crippen molar-refractivity contribution in [1.82, 2.24) is 15.2 Å². The molecule has 3 rings (SSSR count). The fraction of sp³-hybridized carbons (Fsp3) is 0.667. The van der Waals surface area contributed by atoms with E-state index >= 15 is 0 Å². The lowest BCUT2D eigenvalue weighted by molar-refractivity contribution is 0.144. The second-order valence-electron chi connectivity index (χ2n) is 5.89. The number of pyridine rings is 1. The number of nitrogens with zero attached hydrogens (tertiary/aromatic N) is 2. The molecule has 2 fully saturated rings. The monoisotopic (exact) mass is 245 g/mol. The molecule has 0 aromatic carbocycles. The highest BCUT2D eigenvalue weighted by Crippen LogP contribution is 2.34. The van der Waals surface area contributed by atoms with Crippen LogP contribution in [0.1, 0.15) is 44.2 Å². The zero-order chi connectivity index (χ0) is 12.5. The highest BCUT2D eigenvalue weighted by Gasteiger charge is 2.38. The van der Waals surface area contributed by atoms with Crippen molar-refractivity contribution >= 4 is 0 Å². The number of hydrogen-bond acceptors (Lipinski definition) is 3. The first-order valence-electron chi connectivity index (χ1n) is 7.12. The Labute approximate surface area is 110 Å². The Morgan fingerprint density at radius 1 is 1.22 bits per heavy atom. The van der Waals surface area contributed by atoms with E-state index < -0.39 is 0 Å². The van der Waals surface area contributed by atoms with E-state index in [1.165, 1.54) is 31.2 Å². The smallest absolute Gasteiger partial charge is 0.0295 e. The number of rotatable bonds is 3. The lowest BCUT2D eigenvalue weighted by Gasteiger charge is -2.38. The molecule has 3 nitrogen and oxygen atoms in total. The summed E-state index contributed by atoms with van der Waals surface area (Å²) in [5.74, 6) is 0. The van der Waals surface area contributed by atoms with E-state index in [2.05, 4.69) is 41.3 Å². The minimum atomic E-state index is 0.431. The van der Waals surface area contributed by atoms with Gasteiger partial charge in [-0.05, 0) is 57.4 Å². The molecular weight excluding hydrogens is 222 g/mol. The zero-order valence-corrected chi connectivity index (χ0v) is 11.3. The number of nitrogens with one attached hydrogen (secondary N) is 1. The SMILES string of the molecule is CC(NC1CC2CCC(C1)N2C)c1ccncc1. The molecule has 3 heterocycles. The summed E-state index contributed by atoms with van der Waals surface area (Å²) in [6, 6.07) is 6.96. The van der Waals surface area contributed by atoms with E-state index in [4.69, 9.17) is 0 Å². The van der Waals surface area contributed by atoms with Crippen molar-refractivity contribution in [3.8, 4) is 0 Å². The molecular formula is C15H23N3. The van der Waals surface area contributed by atoms with Crippen LogP contribution in [0, 0.1) is 0 Å². The fourth-order valence-electron chi connectivity index (χ4n) is 3.65. The predicted octanol–water partition coefficient (Wildman–Crippen LogP) is 2.36. The number of fused-ring (bicyclic) bond motifs is 2. The van der Waals surface area contributed by atoms with Gasteiger partial charge in [0.1, 0.15) is 0 Å². The minimum absolute atomic E-state index is 0.431. The van der Waals surface area contributed by atoms with Gasteiger partial charge in [-0.25, -0.2) is 0 Å². The first-order valence-corrected chi connectivity index (χ1v) is 7.12. The summed E-state index contributed by atoms with van der Waals surface area (Å²) in [6.07, 6.45) is 9.16. The van der Waals surface area contributed by atoms with Crippen LogP contribution in [0.5, 0.6) is 0 Å². The van der Waals surface area contributed by atoms with Gasteiger partial charge in [-0.1, -0.05) is 0 Å². The Morgan fingerprint density at radius 2 is 1.83 bits per heavy atom. The van der Waals surface area contributed by atoms with Crippen LogP contribution in [-0.2, 0) is 0 Å². The van der Waals surface area contributed by atoms with E-state index in [0.29, 0.717) is 12.1 Å². The Kier molecular flexibility index (Phi) is 3.35. The molecule has 0 amide bonds. The highest BCUT2D eigenvalue weighted by molar-refractivity contribution is 5.14. The molecule has 3 heteroatoms. The van der Waals surface area contributed by atoms with E-state index in [1.54, 1.807) is 0 Å². The molecule has 0 aliphatic carbocycles. The lowest BCUT2D eigenvalue weighted by atomic mass is 9.96. The van der Waals surface area contributed by atoms with Gasteiger partial charge in [0.2, 0.25) is 0 Å². The summed E-state index contributed by atoms with van der Waals surface area (Å²) in [5.41, 5.74) is 1.34. The van der Waals surface area contributed by atoms with Crippen LogP contribution in [0.2, 0.25) is 0 Å². The molecule has 2 bridgehead atoms. The maximum atomic E-state index is 4.08. The molecule has 2 aliphatic heterocycles. The van der Waals surface area contributed by atoms with Crippen molar-refractivity contribution in [1.29, 1.82) is 0 Å². The highest BCUT2D eigenvalue weighted by atomic mass is 15.2. The summed E-state index contributed by atoms with van der Waals surface area (Å²) in [5, 5.41) is 3.80. The van der Waals surface area contributed by atoms with Crippen LogP contribution < -0.4 is 5.32 Å². The van der Waals surface area contributed by atoms with Crippen LogP contribution in [0.3, 0.4) is 0 Å². The van der Waals surface area contributed by atoms with Crippen LogP contribution >= 0.6 is 0 Å². The van der Waals surface area contributed by atoms with Gasteiger partial charge in [-0.3, -0.25) is 4.98 Å². The zero-order valence-electron chi connectivity index (χ0n) is 11.3. The Balaban J connectivity index is 1.61. The average molecular weight is 245 g/mol. The Hall–Kier alpha value is -0.930. The number of hydrogen-bond donors (Lipinski definition) is 1. The summed E-state index contributed by atoms with van der Waals surface area (Å²) < 4.78 is 0. The maximum absolute atomic E-state index is 4.08. The van der Waals surface area contributed by atoms with Gasteiger partial charge in [-0.2, -0.15) is 0 Å². The predicted molar refractivity (Wildman–Crippen MR) is 73.4 cm³/mol. The molecule has 1 aromatic rings. The standard InChI is InChI=1S/C15H23N3/c1-11(12-5-7-16-8-6-12)17-13-9-14-3-4-15(10-13)18(14)2/h5-8,11,13-15,17H,3-4,9-10H2,1-2H3. The van der Waals surface area contributed by atoms with Crippen molar-refractivity contribution in [2.75, 3.05) is 7.05 Å². The summed E-state index contributed by atoms with van der Waals surface area (Å²) in [6.45, 7) is 2.26. The van der Waals surface area contributed by atoms with Gasteiger partial charge in [0.05, 0.1) is 0 Å². The Morgan fingerprint density at radius 3 is 2.44 bits per heavy atom. The molecule has 18 heavy (non-hydrogen) atoms. The average Bonchev–Trinajstić information content (AvgIpc) is 2.63. The molecule has 3 unspecified atom stereocenters. The third-order valence-electron chi connectivity index (χ3n) is 4.79. The van der Waals surface area contributed by atoms with Gasteiger partial charge < -0.3 is 10.2 Å². The number of piperidine rings is 1. The van der Waals surface area contributed by atoms with Crippen LogP contribution in [0.25, 0.3) is 0 Å². The van der Waals surface area contributed by atoms with Crippen molar-refractivity contribution < 1.29 is 0 Å². The third kappa shape index (κ3) is 2.29. The van der Waals surface area contributed by atoms with E-state index in [0.717, 1.165) is 12.1 Å². The number of aromatic nitrogens is 1. The summed E-state index contributed by atoms with van der Waals surface area (Å²) >= 11 is 0. The van der Waals surface area contributed by atoms with Crippen LogP contribution in [0.15, 0.2) is 24.5 Å². The van der Waals surface area contributed by atoms with Gasteiger partial charge >= 0.3 is 0 Å². The van der Waals surface area contributed by atoms with Crippen molar-refractivity contribution in [3.63, 3.8) is 0 Å². The van der Waals surface area contributed by atoms with E-state index in [1.807, 2.05) is 12.4 Å². The molecule has 0 radical (unpaired) electrons. The summed E-state index contributed by atoms with van der Waals surface area (Å²) in [4.78, 5) is 6.68. The molecule has 1 N–H and O–H groups in total. The topological polar surface area (TPSA) is 28.2 Å². The van der Waals surface area contributed by atoms with Crippen LogP contribution in [0.4, 0.5) is 0 Å². The van der Waals surface area contributed by atoms with Gasteiger partial charge in [0.25, 0.3) is 0 Å². The Bertz CT molecular complexity index is 378. The van der Waals surface area contributed by atoms with Gasteiger partial charge in [0.15, 0.2) is 0 Å². The normalized spacial score (nSPS) is 33.6. The van der Waals surface area contributed by atoms with Gasteiger partial charge in [-0.15, -0.1) is 0 Å². The van der Waals surface area contributed by atoms with Crippen molar-refractivity contribution in [3.05, 3.63) is 30.1 Å². The largest absolute Gasteiger partial charge is 0.307 e. The first-order chi connectivity index (χ1) is 8.74.